The van der Waals surface area contributed by atoms with Gasteiger partial charge in [0.05, 0.1) is 27.9 Å². The number of halogens is 1. The first kappa shape index (κ1) is 21.2. The molecule has 154 valence electrons. The molecule has 1 aromatic heterocycles. The molecule has 0 saturated heterocycles. The summed E-state index contributed by atoms with van der Waals surface area (Å²) in [6.07, 6.45) is 7.06. The molecule has 1 fully saturated rings. The van der Waals surface area contributed by atoms with E-state index in [4.69, 9.17) is 16.9 Å². The lowest BCUT2D eigenvalue weighted by Gasteiger charge is -2.26. The number of rotatable bonds is 5. The largest absolute Gasteiger partial charge is 0.388 e. The molecule has 1 aliphatic rings. The van der Waals surface area contributed by atoms with Gasteiger partial charge in [0.15, 0.2) is 0 Å². The number of aryl methyl sites for hydroxylation is 1. The predicted molar refractivity (Wildman–Crippen MR) is 110 cm³/mol. The van der Waals surface area contributed by atoms with Gasteiger partial charge in [-0.3, -0.25) is 13.9 Å². The van der Waals surface area contributed by atoms with E-state index in [-0.39, 0.29) is 29.4 Å². The Kier molecular flexibility index (Phi) is 6.46. The van der Waals surface area contributed by atoms with Crippen LogP contribution in [0.25, 0.3) is 5.69 Å². The van der Waals surface area contributed by atoms with Crippen molar-refractivity contribution in [3.8, 4) is 11.8 Å². The maximum absolute atomic E-state index is 12.7. The normalized spacial score (nSPS) is 16.1. The number of imidazole rings is 1. The molecule has 1 aliphatic carbocycles. The van der Waals surface area contributed by atoms with Gasteiger partial charge < -0.3 is 10.4 Å². The molecule has 1 aromatic carbocycles. The molecule has 0 radical (unpaired) electrons. The van der Waals surface area contributed by atoms with Gasteiger partial charge in [-0.05, 0) is 38.0 Å². The number of nitriles is 1. The molecule has 8 heteroatoms. The average Bonchev–Trinajstić information content (AvgIpc) is 2.86. The number of aliphatic hydroxyl groups is 1. The number of carbonyl (C=O) groups excluding carboxylic acids is 1. The number of nitrogens with zero attached hydrogens (tertiary/aromatic N) is 3. The third kappa shape index (κ3) is 4.72. The molecule has 2 aromatic rings. The van der Waals surface area contributed by atoms with Crippen molar-refractivity contribution < 1.29 is 9.90 Å². The van der Waals surface area contributed by atoms with E-state index in [0.717, 1.165) is 25.7 Å². The number of benzene rings is 1. The Bertz CT molecular complexity index is 994. The summed E-state index contributed by atoms with van der Waals surface area (Å²) in [6.45, 7) is 1.87. The van der Waals surface area contributed by atoms with Crippen LogP contribution in [0.1, 0.15) is 54.6 Å². The van der Waals surface area contributed by atoms with Crippen LogP contribution < -0.4 is 11.0 Å². The van der Waals surface area contributed by atoms with Gasteiger partial charge in [0, 0.05) is 18.4 Å². The summed E-state index contributed by atoms with van der Waals surface area (Å²) in [5.41, 5.74) is 0.119. The molecule has 3 rings (SSSR count). The molecule has 0 spiro atoms. The number of amides is 1. The molecule has 0 bridgehead atoms. The summed E-state index contributed by atoms with van der Waals surface area (Å²) in [5, 5.41) is 22.7. The van der Waals surface area contributed by atoms with Crippen LogP contribution in [0.4, 0.5) is 0 Å². The fraction of sp³-hybridized carbons (Fsp3) is 0.476. The van der Waals surface area contributed by atoms with E-state index in [1.54, 1.807) is 31.3 Å². The topological polar surface area (TPSA) is 100 Å². The first-order valence-electron chi connectivity index (χ1n) is 9.81. The van der Waals surface area contributed by atoms with Crippen LogP contribution >= 0.6 is 11.6 Å². The fourth-order valence-electron chi connectivity index (χ4n) is 3.78. The first-order valence-corrected chi connectivity index (χ1v) is 10.2. The van der Waals surface area contributed by atoms with Crippen LogP contribution in [-0.4, -0.2) is 32.3 Å². The predicted octanol–water partition coefficient (Wildman–Crippen LogP) is 2.94. The second-order valence-electron chi connectivity index (χ2n) is 7.65. The fourth-order valence-corrected chi connectivity index (χ4v) is 3.98. The van der Waals surface area contributed by atoms with E-state index in [0.29, 0.717) is 24.2 Å². The lowest BCUT2D eigenvalue weighted by molar-refractivity contribution is 0.0246. The van der Waals surface area contributed by atoms with Gasteiger partial charge in [-0.2, -0.15) is 5.26 Å². The highest BCUT2D eigenvalue weighted by atomic mass is 35.5. The van der Waals surface area contributed by atoms with Gasteiger partial charge in [0.1, 0.15) is 6.54 Å². The van der Waals surface area contributed by atoms with Gasteiger partial charge in [0.25, 0.3) is 5.91 Å². The Morgan fingerprint density at radius 1 is 1.31 bits per heavy atom. The highest BCUT2D eigenvalue weighted by Crippen LogP contribution is 2.27. The van der Waals surface area contributed by atoms with Crippen LogP contribution in [0.5, 0.6) is 0 Å². The standard InChI is InChI=1S/C21H25ClN4O3/c1-15-13-26(20(28)25(15)11-10-23)16-6-7-18(22)17(12-16)19(27)24-14-21(29)8-4-2-3-5-9-21/h6-7,12-13,29H,2-5,8-9,11,14H2,1H3,(H,24,27). The number of hydrogen-bond donors (Lipinski definition) is 2. The van der Waals surface area contributed by atoms with Gasteiger partial charge in [0.2, 0.25) is 0 Å². The summed E-state index contributed by atoms with van der Waals surface area (Å²) in [7, 11) is 0. The zero-order valence-electron chi connectivity index (χ0n) is 16.4. The molecule has 7 nitrogen and oxygen atoms in total. The van der Waals surface area contributed by atoms with Crippen molar-refractivity contribution in [1.29, 1.82) is 5.26 Å². The molecular weight excluding hydrogens is 392 g/mol. The molecule has 0 unspecified atom stereocenters. The van der Waals surface area contributed by atoms with Crippen LogP contribution in [0.3, 0.4) is 0 Å². The van der Waals surface area contributed by atoms with E-state index < -0.39 is 11.5 Å². The van der Waals surface area contributed by atoms with E-state index >= 15 is 0 Å². The third-order valence-corrected chi connectivity index (χ3v) is 5.82. The Labute approximate surface area is 174 Å². The van der Waals surface area contributed by atoms with Crippen molar-refractivity contribution in [3.63, 3.8) is 0 Å². The highest BCUT2D eigenvalue weighted by molar-refractivity contribution is 6.33. The minimum absolute atomic E-state index is 0.0445. The van der Waals surface area contributed by atoms with Crippen LogP contribution in [0.15, 0.2) is 29.2 Å². The van der Waals surface area contributed by atoms with Gasteiger partial charge in [-0.25, -0.2) is 4.79 Å². The average molecular weight is 417 g/mol. The van der Waals surface area contributed by atoms with Crippen molar-refractivity contribution in [2.45, 2.75) is 57.6 Å². The summed E-state index contributed by atoms with van der Waals surface area (Å²) in [4.78, 5) is 25.3. The number of hydrogen-bond acceptors (Lipinski definition) is 4. The maximum Gasteiger partial charge on any atom is 0.333 e. The zero-order chi connectivity index (χ0) is 21.0. The first-order chi connectivity index (χ1) is 13.8. The van der Waals surface area contributed by atoms with Crippen molar-refractivity contribution in [3.05, 3.63) is 51.2 Å². The Hall–Kier alpha value is -2.56. The smallest absolute Gasteiger partial charge is 0.333 e. The van der Waals surface area contributed by atoms with Gasteiger partial charge in [-0.15, -0.1) is 0 Å². The minimum Gasteiger partial charge on any atom is -0.388 e. The van der Waals surface area contributed by atoms with E-state index in [9.17, 15) is 14.7 Å². The number of aromatic nitrogens is 2. The Balaban J connectivity index is 1.82. The molecule has 1 heterocycles. The van der Waals surface area contributed by atoms with Crippen molar-refractivity contribution in [2.75, 3.05) is 6.54 Å². The molecule has 0 aliphatic heterocycles. The van der Waals surface area contributed by atoms with Gasteiger partial charge >= 0.3 is 5.69 Å². The third-order valence-electron chi connectivity index (χ3n) is 5.49. The lowest BCUT2D eigenvalue weighted by Crippen LogP contribution is -2.42. The van der Waals surface area contributed by atoms with E-state index in [2.05, 4.69) is 5.32 Å². The van der Waals surface area contributed by atoms with Crippen LogP contribution in [0, 0.1) is 18.3 Å². The van der Waals surface area contributed by atoms with Crippen LogP contribution in [-0.2, 0) is 6.54 Å². The van der Waals surface area contributed by atoms with Crippen molar-refractivity contribution in [2.24, 2.45) is 0 Å². The van der Waals surface area contributed by atoms with Gasteiger partial charge in [-0.1, -0.05) is 37.3 Å². The van der Waals surface area contributed by atoms with Crippen LogP contribution in [0.2, 0.25) is 5.02 Å². The summed E-state index contributed by atoms with van der Waals surface area (Å²) < 4.78 is 2.74. The van der Waals surface area contributed by atoms with Crippen molar-refractivity contribution in [1.82, 2.24) is 14.5 Å². The molecule has 29 heavy (non-hydrogen) atoms. The monoisotopic (exact) mass is 416 g/mol. The quantitative estimate of drug-likeness (QED) is 0.732. The number of nitrogens with one attached hydrogen (secondary N) is 1. The minimum atomic E-state index is -0.890. The summed E-state index contributed by atoms with van der Waals surface area (Å²) in [5.74, 6) is -0.393. The maximum atomic E-state index is 12.7. The molecule has 1 saturated carbocycles. The van der Waals surface area contributed by atoms with E-state index in [1.165, 1.54) is 9.13 Å². The second kappa shape index (κ2) is 8.85. The molecule has 0 atom stereocenters. The second-order valence-corrected chi connectivity index (χ2v) is 8.06. The van der Waals surface area contributed by atoms with E-state index in [1.807, 2.05) is 6.07 Å². The molecule has 1 amide bonds. The Morgan fingerprint density at radius 3 is 2.66 bits per heavy atom. The molecule has 2 N–H and O–H groups in total. The summed E-state index contributed by atoms with van der Waals surface area (Å²) >= 11 is 6.23. The molecular formula is C21H25ClN4O3. The lowest BCUT2D eigenvalue weighted by atomic mass is 9.94. The number of carbonyl (C=O) groups is 1. The SMILES string of the molecule is Cc1cn(-c2ccc(Cl)c(C(=O)NCC3(O)CCCCCC3)c2)c(=O)n1CC#N. The highest BCUT2D eigenvalue weighted by Gasteiger charge is 2.28. The van der Waals surface area contributed by atoms with Crippen molar-refractivity contribution >= 4 is 17.5 Å². The summed E-state index contributed by atoms with van der Waals surface area (Å²) in [6, 6.07) is 6.73. The zero-order valence-corrected chi connectivity index (χ0v) is 17.2. The Morgan fingerprint density at radius 2 is 2.00 bits per heavy atom.